The van der Waals surface area contributed by atoms with Gasteiger partial charge >= 0.3 is 0 Å². The van der Waals surface area contributed by atoms with E-state index in [9.17, 15) is 4.79 Å². The summed E-state index contributed by atoms with van der Waals surface area (Å²) in [6.45, 7) is 8.35. The van der Waals surface area contributed by atoms with E-state index in [1.807, 2.05) is 0 Å². The topological polar surface area (TPSA) is 33.5 Å². The molecule has 5 heteroatoms. The van der Waals surface area contributed by atoms with Gasteiger partial charge in [-0.3, -0.25) is 4.79 Å². The van der Waals surface area contributed by atoms with Gasteiger partial charge in [0, 0.05) is 18.5 Å². The molecule has 0 aliphatic carbocycles. The van der Waals surface area contributed by atoms with Gasteiger partial charge in [0.2, 0.25) is 0 Å². The summed E-state index contributed by atoms with van der Waals surface area (Å²) in [4.78, 5) is 13.4. The van der Waals surface area contributed by atoms with Gasteiger partial charge in [-0.05, 0) is 32.0 Å². The maximum atomic E-state index is 11.9. The molecule has 0 aromatic heterocycles. The van der Waals surface area contributed by atoms with Gasteiger partial charge in [-0.25, -0.2) is 0 Å². The lowest BCUT2D eigenvalue weighted by Gasteiger charge is -2.15. The van der Waals surface area contributed by atoms with Crippen LogP contribution < -0.4 is 10.2 Å². The van der Waals surface area contributed by atoms with Gasteiger partial charge in [-0.15, -0.1) is 0 Å². The fourth-order valence-corrected chi connectivity index (χ4v) is 2.18. The molecular weight excluding hydrogens is 283 g/mol. The van der Waals surface area contributed by atoms with E-state index >= 15 is 0 Å². The maximum absolute atomic E-state index is 11.9. The number of amides is 1. The Morgan fingerprint density at radius 3 is 2.47 bits per heavy atom. The number of carbonyl (C=O) groups is 1. The summed E-state index contributed by atoms with van der Waals surface area (Å²) in [7, 11) is 0. The van der Waals surface area contributed by atoms with Crippen LogP contribution in [0.3, 0.4) is 0 Å². The van der Waals surface area contributed by atoms with Crippen molar-refractivity contribution in [1.82, 2.24) is 5.32 Å². The lowest BCUT2D eigenvalue weighted by atomic mass is 10.2. The zero-order valence-electron chi connectivity index (χ0n) is 11.4. The highest BCUT2D eigenvalue weighted by molar-refractivity contribution is 6.42. The number of benzene rings is 1. The third kappa shape index (κ3) is 5.39. The monoisotopic (exact) mass is 303 g/mol. The third-order valence-corrected chi connectivity index (χ3v) is 3.91. The van der Waals surface area contributed by atoms with E-state index in [0.29, 0.717) is 22.2 Å². The summed E-state index contributed by atoms with van der Waals surface area (Å²) in [5.41, 5.74) is 0.546. The SMILES string of the molecule is CC[NH+](CC)CCCNC(=O)c1ccc(Cl)c(Cl)c1. The van der Waals surface area contributed by atoms with Crippen LogP contribution in [0, 0.1) is 0 Å². The molecule has 0 aliphatic rings. The van der Waals surface area contributed by atoms with Crippen LogP contribution in [-0.4, -0.2) is 32.1 Å². The highest BCUT2D eigenvalue weighted by Gasteiger charge is 2.08. The Morgan fingerprint density at radius 2 is 1.89 bits per heavy atom. The largest absolute Gasteiger partial charge is 0.352 e. The standard InChI is InChI=1S/C14H20Cl2N2O/c1-3-18(4-2)9-5-8-17-14(19)11-6-7-12(15)13(16)10-11/h6-7,10H,3-5,8-9H2,1-2H3,(H,17,19)/p+1. The summed E-state index contributed by atoms with van der Waals surface area (Å²) in [6.07, 6.45) is 0.976. The smallest absolute Gasteiger partial charge is 0.251 e. The molecule has 0 bridgehead atoms. The van der Waals surface area contributed by atoms with Crippen molar-refractivity contribution in [3.8, 4) is 0 Å². The number of hydrogen-bond donors (Lipinski definition) is 2. The molecule has 0 spiro atoms. The molecule has 1 aromatic carbocycles. The first-order valence-electron chi connectivity index (χ1n) is 6.65. The van der Waals surface area contributed by atoms with Gasteiger partial charge < -0.3 is 10.2 Å². The first-order valence-corrected chi connectivity index (χ1v) is 7.40. The number of halogens is 2. The number of quaternary nitrogens is 1. The first-order chi connectivity index (χ1) is 9.08. The van der Waals surface area contributed by atoms with Gasteiger partial charge in [-0.1, -0.05) is 23.2 Å². The van der Waals surface area contributed by atoms with E-state index in [-0.39, 0.29) is 5.91 Å². The summed E-state index contributed by atoms with van der Waals surface area (Å²) in [6, 6.07) is 4.91. The minimum absolute atomic E-state index is 0.104. The Labute approximate surface area is 124 Å². The van der Waals surface area contributed by atoms with Gasteiger partial charge in [0.05, 0.1) is 29.7 Å². The van der Waals surface area contributed by atoms with E-state index in [2.05, 4.69) is 19.2 Å². The van der Waals surface area contributed by atoms with E-state index in [1.165, 1.54) is 0 Å². The normalized spacial score (nSPS) is 10.8. The van der Waals surface area contributed by atoms with Crippen LogP contribution in [0.25, 0.3) is 0 Å². The maximum Gasteiger partial charge on any atom is 0.251 e. The van der Waals surface area contributed by atoms with Crippen molar-refractivity contribution in [3.63, 3.8) is 0 Å². The highest BCUT2D eigenvalue weighted by atomic mass is 35.5. The Hall–Kier alpha value is -0.770. The van der Waals surface area contributed by atoms with Crippen molar-refractivity contribution in [2.45, 2.75) is 20.3 Å². The number of nitrogens with one attached hydrogen (secondary N) is 2. The van der Waals surface area contributed by atoms with Crippen LogP contribution in [0.4, 0.5) is 0 Å². The van der Waals surface area contributed by atoms with Crippen molar-refractivity contribution in [2.24, 2.45) is 0 Å². The summed E-state index contributed by atoms with van der Waals surface area (Å²) < 4.78 is 0. The van der Waals surface area contributed by atoms with Crippen LogP contribution in [0.2, 0.25) is 10.0 Å². The van der Waals surface area contributed by atoms with Crippen LogP contribution in [0.5, 0.6) is 0 Å². The van der Waals surface area contributed by atoms with Gasteiger partial charge in [0.25, 0.3) is 5.91 Å². The lowest BCUT2D eigenvalue weighted by Crippen LogP contribution is -3.11. The predicted octanol–water partition coefficient (Wildman–Crippen LogP) is 2.04. The zero-order valence-corrected chi connectivity index (χ0v) is 12.9. The first kappa shape index (κ1) is 16.3. The predicted molar refractivity (Wildman–Crippen MR) is 80.3 cm³/mol. The summed E-state index contributed by atoms with van der Waals surface area (Å²) in [5.74, 6) is -0.104. The molecule has 0 atom stereocenters. The average molecular weight is 304 g/mol. The molecule has 1 aromatic rings. The second-order valence-electron chi connectivity index (χ2n) is 4.45. The van der Waals surface area contributed by atoms with Crippen LogP contribution in [0.1, 0.15) is 30.6 Å². The van der Waals surface area contributed by atoms with Gasteiger partial charge in [0.15, 0.2) is 0 Å². The van der Waals surface area contributed by atoms with Crippen molar-refractivity contribution in [1.29, 1.82) is 0 Å². The molecular formula is C14H21Cl2N2O+. The second kappa shape index (κ2) is 8.41. The average Bonchev–Trinajstić information content (AvgIpc) is 2.42. The number of carbonyl (C=O) groups excluding carboxylic acids is 1. The molecule has 0 fully saturated rings. The van der Waals surface area contributed by atoms with Crippen molar-refractivity contribution in [2.75, 3.05) is 26.2 Å². The van der Waals surface area contributed by atoms with Crippen LogP contribution >= 0.6 is 23.2 Å². The molecule has 0 saturated heterocycles. The summed E-state index contributed by atoms with van der Waals surface area (Å²) >= 11 is 11.7. The van der Waals surface area contributed by atoms with Crippen LogP contribution in [0.15, 0.2) is 18.2 Å². The van der Waals surface area contributed by atoms with Gasteiger partial charge in [0.1, 0.15) is 0 Å². The molecule has 106 valence electrons. The third-order valence-electron chi connectivity index (χ3n) is 3.17. The Bertz CT molecular complexity index is 420. The molecule has 1 amide bonds. The van der Waals surface area contributed by atoms with Crippen LogP contribution in [-0.2, 0) is 0 Å². The van der Waals surface area contributed by atoms with E-state index < -0.39 is 0 Å². The Kier molecular flexibility index (Phi) is 7.21. The molecule has 0 heterocycles. The quantitative estimate of drug-likeness (QED) is 0.743. The fourth-order valence-electron chi connectivity index (χ4n) is 1.88. The molecule has 1 rings (SSSR count). The van der Waals surface area contributed by atoms with E-state index in [1.54, 1.807) is 23.1 Å². The molecule has 2 N–H and O–H groups in total. The number of hydrogen-bond acceptors (Lipinski definition) is 1. The molecule has 0 unspecified atom stereocenters. The van der Waals surface area contributed by atoms with Crippen molar-refractivity contribution < 1.29 is 9.69 Å². The Morgan fingerprint density at radius 1 is 1.21 bits per heavy atom. The second-order valence-corrected chi connectivity index (χ2v) is 5.26. The van der Waals surface area contributed by atoms with Crippen molar-refractivity contribution in [3.05, 3.63) is 33.8 Å². The molecule has 0 saturated carbocycles. The minimum Gasteiger partial charge on any atom is -0.352 e. The van der Waals surface area contributed by atoms with E-state index in [0.717, 1.165) is 26.1 Å². The molecule has 0 aliphatic heterocycles. The number of rotatable bonds is 7. The summed E-state index contributed by atoms with van der Waals surface area (Å²) in [5, 5.41) is 3.76. The fraction of sp³-hybridized carbons (Fsp3) is 0.500. The minimum atomic E-state index is -0.104. The zero-order chi connectivity index (χ0) is 14.3. The lowest BCUT2D eigenvalue weighted by molar-refractivity contribution is -0.896. The van der Waals surface area contributed by atoms with E-state index in [4.69, 9.17) is 23.2 Å². The Balaban J connectivity index is 2.37. The highest BCUT2D eigenvalue weighted by Crippen LogP contribution is 2.22. The molecule has 19 heavy (non-hydrogen) atoms. The van der Waals surface area contributed by atoms with Crippen molar-refractivity contribution >= 4 is 29.1 Å². The molecule has 3 nitrogen and oxygen atoms in total. The molecule has 0 radical (unpaired) electrons. The van der Waals surface area contributed by atoms with Gasteiger partial charge in [-0.2, -0.15) is 0 Å².